The van der Waals surface area contributed by atoms with E-state index < -0.39 is 0 Å². The molecule has 0 aromatic heterocycles. The SMILES string of the molecule is C[C@@H](CC[C@H](C)O)C[C@@H]1CCCO1. The van der Waals surface area contributed by atoms with E-state index in [4.69, 9.17) is 9.84 Å². The average molecular weight is 186 g/mol. The lowest BCUT2D eigenvalue weighted by Crippen LogP contribution is -2.12. The number of hydrogen-bond acceptors (Lipinski definition) is 2. The molecule has 78 valence electrons. The van der Waals surface area contributed by atoms with Crippen molar-refractivity contribution in [1.29, 1.82) is 0 Å². The van der Waals surface area contributed by atoms with Gasteiger partial charge in [0.2, 0.25) is 0 Å². The molecule has 1 N–H and O–H groups in total. The van der Waals surface area contributed by atoms with E-state index in [0.717, 1.165) is 19.4 Å². The van der Waals surface area contributed by atoms with Crippen LogP contribution in [0.1, 0.15) is 46.0 Å². The minimum Gasteiger partial charge on any atom is -0.393 e. The fraction of sp³-hybridized carbons (Fsp3) is 1.00. The highest BCUT2D eigenvalue weighted by Crippen LogP contribution is 2.22. The molecule has 1 saturated heterocycles. The molecule has 13 heavy (non-hydrogen) atoms. The molecule has 0 bridgehead atoms. The fourth-order valence-corrected chi connectivity index (χ4v) is 1.92. The molecule has 0 aromatic rings. The molecule has 0 amide bonds. The molecule has 0 radical (unpaired) electrons. The van der Waals surface area contributed by atoms with Crippen LogP contribution in [0.15, 0.2) is 0 Å². The molecule has 0 aliphatic carbocycles. The molecule has 0 saturated carbocycles. The molecule has 2 nitrogen and oxygen atoms in total. The topological polar surface area (TPSA) is 29.5 Å². The summed E-state index contributed by atoms with van der Waals surface area (Å²) in [5.74, 6) is 0.692. The lowest BCUT2D eigenvalue weighted by molar-refractivity contribution is 0.0871. The molecule has 1 fully saturated rings. The van der Waals surface area contributed by atoms with Crippen LogP contribution in [0.4, 0.5) is 0 Å². The number of hydrogen-bond donors (Lipinski definition) is 1. The highest BCUT2D eigenvalue weighted by Gasteiger charge is 2.18. The zero-order valence-corrected chi connectivity index (χ0v) is 8.83. The maximum Gasteiger partial charge on any atom is 0.0578 e. The average Bonchev–Trinajstić information content (AvgIpc) is 2.53. The van der Waals surface area contributed by atoms with Crippen molar-refractivity contribution in [1.82, 2.24) is 0 Å². The Balaban J connectivity index is 2.05. The number of aliphatic hydroxyl groups is 1. The van der Waals surface area contributed by atoms with Gasteiger partial charge in [-0.15, -0.1) is 0 Å². The van der Waals surface area contributed by atoms with E-state index in [1.165, 1.54) is 19.3 Å². The fourth-order valence-electron chi connectivity index (χ4n) is 1.92. The van der Waals surface area contributed by atoms with Gasteiger partial charge in [-0.1, -0.05) is 6.92 Å². The van der Waals surface area contributed by atoms with Gasteiger partial charge in [0, 0.05) is 6.61 Å². The Hall–Kier alpha value is -0.0800. The van der Waals surface area contributed by atoms with Gasteiger partial charge >= 0.3 is 0 Å². The van der Waals surface area contributed by atoms with E-state index in [9.17, 15) is 0 Å². The molecule has 1 aliphatic heterocycles. The Bertz CT molecular complexity index is 128. The third-order valence-corrected chi connectivity index (χ3v) is 2.77. The summed E-state index contributed by atoms with van der Waals surface area (Å²) in [6.07, 6.45) is 6.04. The van der Waals surface area contributed by atoms with E-state index >= 15 is 0 Å². The monoisotopic (exact) mass is 186 g/mol. The zero-order chi connectivity index (χ0) is 9.68. The molecule has 3 atom stereocenters. The van der Waals surface area contributed by atoms with Gasteiger partial charge in [0.1, 0.15) is 0 Å². The second kappa shape index (κ2) is 5.61. The summed E-state index contributed by atoms with van der Waals surface area (Å²) in [6.45, 7) is 5.07. The van der Waals surface area contributed by atoms with E-state index in [0.29, 0.717) is 12.0 Å². The smallest absolute Gasteiger partial charge is 0.0578 e. The van der Waals surface area contributed by atoms with E-state index in [1.54, 1.807) is 0 Å². The highest BCUT2D eigenvalue weighted by atomic mass is 16.5. The molecule has 1 rings (SSSR count). The molecule has 0 spiro atoms. The van der Waals surface area contributed by atoms with Crippen molar-refractivity contribution in [2.45, 2.75) is 58.2 Å². The molecule has 0 unspecified atom stereocenters. The van der Waals surface area contributed by atoms with Gasteiger partial charge in [-0.2, -0.15) is 0 Å². The summed E-state index contributed by atoms with van der Waals surface area (Å²) in [5.41, 5.74) is 0. The molecular formula is C11H22O2. The van der Waals surface area contributed by atoms with E-state index in [2.05, 4.69) is 6.92 Å². The Morgan fingerprint density at radius 1 is 1.38 bits per heavy atom. The third-order valence-electron chi connectivity index (χ3n) is 2.77. The number of aliphatic hydroxyl groups excluding tert-OH is 1. The van der Waals surface area contributed by atoms with Gasteiger partial charge in [0.25, 0.3) is 0 Å². The van der Waals surface area contributed by atoms with Gasteiger partial charge in [-0.3, -0.25) is 0 Å². The Morgan fingerprint density at radius 2 is 2.15 bits per heavy atom. The van der Waals surface area contributed by atoms with Gasteiger partial charge in [0.15, 0.2) is 0 Å². The van der Waals surface area contributed by atoms with E-state index in [1.807, 2.05) is 6.92 Å². The second-order valence-corrected chi connectivity index (χ2v) is 4.40. The minimum absolute atomic E-state index is 0.146. The predicted octanol–water partition coefficient (Wildman–Crippen LogP) is 2.35. The van der Waals surface area contributed by atoms with Crippen LogP contribution in [0.3, 0.4) is 0 Å². The molecule has 2 heteroatoms. The normalized spacial score (nSPS) is 27.5. The number of rotatable bonds is 5. The predicted molar refractivity (Wildman–Crippen MR) is 53.7 cm³/mol. The maximum atomic E-state index is 9.13. The second-order valence-electron chi connectivity index (χ2n) is 4.40. The standard InChI is InChI=1S/C11H22O2/c1-9(5-6-10(2)12)8-11-4-3-7-13-11/h9-12H,3-8H2,1-2H3/t9-,10-,11-/m0/s1. The summed E-state index contributed by atoms with van der Waals surface area (Å²) < 4.78 is 5.57. The highest BCUT2D eigenvalue weighted by molar-refractivity contribution is 4.68. The zero-order valence-electron chi connectivity index (χ0n) is 8.83. The van der Waals surface area contributed by atoms with Crippen molar-refractivity contribution in [2.24, 2.45) is 5.92 Å². The summed E-state index contributed by atoms with van der Waals surface area (Å²) in [7, 11) is 0. The van der Waals surface area contributed by atoms with Crippen molar-refractivity contribution in [3.63, 3.8) is 0 Å². The Morgan fingerprint density at radius 3 is 2.69 bits per heavy atom. The van der Waals surface area contributed by atoms with Crippen molar-refractivity contribution in [3.8, 4) is 0 Å². The first-order chi connectivity index (χ1) is 6.18. The van der Waals surface area contributed by atoms with Crippen LogP contribution in [0.5, 0.6) is 0 Å². The first kappa shape index (κ1) is 11.0. The minimum atomic E-state index is -0.146. The maximum absolute atomic E-state index is 9.13. The van der Waals surface area contributed by atoms with Crippen molar-refractivity contribution in [2.75, 3.05) is 6.61 Å². The van der Waals surface area contributed by atoms with Crippen molar-refractivity contribution >= 4 is 0 Å². The molecule has 1 heterocycles. The van der Waals surface area contributed by atoms with Crippen LogP contribution in [-0.4, -0.2) is 23.9 Å². The van der Waals surface area contributed by atoms with Gasteiger partial charge in [-0.25, -0.2) is 0 Å². The molecular weight excluding hydrogens is 164 g/mol. The first-order valence-corrected chi connectivity index (χ1v) is 5.48. The van der Waals surface area contributed by atoms with Gasteiger partial charge in [-0.05, 0) is 44.9 Å². The van der Waals surface area contributed by atoms with Crippen LogP contribution in [0.25, 0.3) is 0 Å². The van der Waals surface area contributed by atoms with Crippen LogP contribution in [-0.2, 0) is 4.74 Å². The number of ether oxygens (including phenoxy) is 1. The van der Waals surface area contributed by atoms with Crippen LogP contribution in [0, 0.1) is 5.92 Å². The van der Waals surface area contributed by atoms with Gasteiger partial charge < -0.3 is 9.84 Å². The molecule has 0 aromatic carbocycles. The Kier molecular flexibility index (Phi) is 4.74. The third kappa shape index (κ3) is 4.63. The lowest BCUT2D eigenvalue weighted by atomic mass is 9.96. The van der Waals surface area contributed by atoms with Crippen molar-refractivity contribution < 1.29 is 9.84 Å². The summed E-state index contributed by atoms with van der Waals surface area (Å²) >= 11 is 0. The summed E-state index contributed by atoms with van der Waals surface area (Å²) in [6, 6.07) is 0. The lowest BCUT2D eigenvalue weighted by Gasteiger charge is -2.16. The van der Waals surface area contributed by atoms with Crippen molar-refractivity contribution in [3.05, 3.63) is 0 Å². The largest absolute Gasteiger partial charge is 0.393 e. The van der Waals surface area contributed by atoms with Crippen LogP contribution in [0.2, 0.25) is 0 Å². The Labute approximate surface area is 81.3 Å². The summed E-state index contributed by atoms with van der Waals surface area (Å²) in [5, 5.41) is 9.13. The van der Waals surface area contributed by atoms with Crippen LogP contribution >= 0.6 is 0 Å². The quantitative estimate of drug-likeness (QED) is 0.714. The molecule has 1 aliphatic rings. The van der Waals surface area contributed by atoms with Gasteiger partial charge in [0.05, 0.1) is 12.2 Å². The van der Waals surface area contributed by atoms with E-state index in [-0.39, 0.29) is 6.10 Å². The van der Waals surface area contributed by atoms with Crippen LogP contribution < -0.4 is 0 Å². The summed E-state index contributed by atoms with van der Waals surface area (Å²) in [4.78, 5) is 0. The first-order valence-electron chi connectivity index (χ1n) is 5.48.